The van der Waals surface area contributed by atoms with E-state index in [9.17, 15) is 30.0 Å². The van der Waals surface area contributed by atoms with Gasteiger partial charge < -0.3 is 30.5 Å². The average molecular weight is 415 g/mol. The molecule has 0 spiro atoms. The Kier molecular flexibility index (Phi) is 6.35. The fraction of sp³-hybridized carbons (Fsp3) is 0.364. The van der Waals surface area contributed by atoms with Crippen LogP contribution in [0.5, 0.6) is 0 Å². The van der Waals surface area contributed by atoms with E-state index in [1.54, 1.807) is 60.7 Å². The normalized spacial score (nSPS) is 29.8. The molecule has 1 amide bonds. The number of carbonyl (C=O) groups excluding carboxylic acids is 2. The molecule has 0 aromatic heterocycles. The lowest BCUT2D eigenvalue weighted by Crippen LogP contribution is -2.75. The Morgan fingerprint density at radius 2 is 1.67 bits per heavy atom. The van der Waals surface area contributed by atoms with Crippen molar-refractivity contribution in [2.45, 2.75) is 49.6 Å². The van der Waals surface area contributed by atoms with E-state index in [2.05, 4.69) is 5.32 Å². The fourth-order valence-electron chi connectivity index (χ4n) is 3.72. The monoisotopic (exact) mass is 415 g/mol. The van der Waals surface area contributed by atoms with Gasteiger partial charge >= 0.3 is 0 Å². The molecular formula is C22H25NO7. The zero-order valence-electron chi connectivity index (χ0n) is 16.4. The summed E-state index contributed by atoms with van der Waals surface area (Å²) in [7, 11) is 0. The van der Waals surface area contributed by atoms with E-state index < -0.39 is 47.9 Å². The van der Waals surface area contributed by atoms with Crippen molar-refractivity contribution in [2.75, 3.05) is 0 Å². The third-order valence-corrected chi connectivity index (χ3v) is 5.29. The van der Waals surface area contributed by atoms with E-state index in [0.29, 0.717) is 11.1 Å². The van der Waals surface area contributed by atoms with Crippen molar-refractivity contribution in [1.82, 2.24) is 5.32 Å². The second-order valence-corrected chi connectivity index (χ2v) is 7.54. The number of hydrogen-bond donors (Lipinski definition) is 5. The Balaban J connectivity index is 1.93. The number of ketones is 1. The summed E-state index contributed by atoms with van der Waals surface area (Å²) in [6.07, 6.45) is -5.72. The van der Waals surface area contributed by atoms with Crippen molar-refractivity contribution in [2.24, 2.45) is 0 Å². The largest absolute Gasteiger partial charge is 0.384 e. The molecule has 0 saturated carbocycles. The molecule has 160 valence electrons. The van der Waals surface area contributed by atoms with Gasteiger partial charge in [0.2, 0.25) is 17.9 Å². The van der Waals surface area contributed by atoms with Crippen LogP contribution in [0.4, 0.5) is 0 Å². The van der Waals surface area contributed by atoms with Gasteiger partial charge in [-0.25, -0.2) is 0 Å². The molecule has 0 radical (unpaired) electrons. The first kappa shape index (κ1) is 22.1. The Bertz CT molecular complexity index is 891. The van der Waals surface area contributed by atoms with Crippen LogP contribution in [0, 0.1) is 0 Å². The number of benzene rings is 2. The van der Waals surface area contributed by atoms with Crippen molar-refractivity contribution in [3.05, 3.63) is 71.8 Å². The molecule has 8 nitrogen and oxygen atoms in total. The van der Waals surface area contributed by atoms with Gasteiger partial charge in [0.15, 0.2) is 5.78 Å². The van der Waals surface area contributed by atoms with Crippen LogP contribution in [-0.4, -0.2) is 55.8 Å². The zero-order valence-corrected chi connectivity index (χ0v) is 16.4. The molecule has 1 fully saturated rings. The van der Waals surface area contributed by atoms with Crippen LogP contribution >= 0.6 is 0 Å². The van der Waals surface area contributed by atoms with Crippen molar-refractivity contribution < 1.29 is 34.8 Å². The Labute approximate surface area is 173 Å². The molecule has 1 saturated heterocycles. The first-order chi connectivity index (χ1) is 14.2. The summed E-state index contributed by atoms with van der Waals surface area (Å²) >= 11 is 0. The van der Waals surface area contributed by atoms with Gasteiger partial charge in [-0.15, -0.1) is 0 Å². The number of aliphatic hydroxyl groups is 4. The summed E-state index contributed by atoms with van der Waals surface area (Å²) in [5.41, 5.74) is -3.79. The van der Waals surface area contributed by atoms with Crippen molar-refractivity contribution in [3.63, 3.8) is 0 Å². The maximum atomic E-state index is 12.9. The van der Waals surface area contributed by atoms with Gasteiger partial charge in [-0.3, -0.25) is 9.59 Å². The molecule has 8 heteroatoms. The summed E-state index contributed by atoms with van der Waals surface area (Å²) in [4.78, 5) is 24.5. The highest BCUT2D eigenvalue weighted by atomic mass is 16.6. The Hall–Kier alpha value is -2.62. The molecule has 30 heavy (non-hydrogen) atoms. The molecule has 2 aromatic rings. The molecular weight excluding hydrogens is 390 g/mol. The summed E-state index contributed by atoms with van der Waals surface area (Å²) in [6.45, 7) is 1.12. The van der Waals surface area contributed by atoms with Crippen LogP contribution in [0.1, 0.15) is 30.6 Å². The quantitative estimate of drug-likeness (QED) is 0.425. The van der Waals surface area contributed by atoms with Crippen LogP contribution in [0.2, 0.25) is 0 Å². The van der Waals surface area contributed by atoms with Gasteiger partial charge in [0, 0.05) is 19.8 Å². The topological polar surface area (TPSA) is 136 Å². The highest BCUT2D eigenvalue weighted by Gasteiger charge is 2.61. The van der Waals surface area contributed by atoms with Crippen LogP contribution in [0.25, 0.3) is 0 Å². The van der Waals surface area contributed by atoms with Gasteiger partial charge in [0.05, 0.1) is 0 Å². The van der Waals surface area contributed by atoms with Crippen LogP contribution < -0.4 is 5.32 Å². The first-order valence-corrected chi connectivity index (χ1v) is 9.54. The van der Waals surface area contributed by atoms with Gasteiger partial charge in [-0.1, -0.05) is 60.7 Å². The molecule has 2 aromatic carbocycles. The lowest BCUT2D eigenvalue weighted by Gasteiger charge is -2.51. The molecule has 5 N–H and O–H groups in total. The predicted molar refractivity (Wildman–Crippen MR) is 106 cm³/mol. The minimum absolute atomic E-state index is 0.184. The molecule has 5 atom stereocenters. The summed E-state index contributed by atoms with van der Waals surface area (Å²) in [6, 6.07) is 16.8. The summed E-state index contributed by atoms with van der Waals surface area (Å²) < 4.78 is 5.26. The third kappa shape index (κ3) is 4.28. The highest BCUT2D eigenvalue weighted by molar-refractivity contribution is 5.88. The lowest BCUT2D eigenvalue weighted by molar-refractivity contribution is -0.333. The number of carbonyl (C=O) groups is 2. The van der Waals surface area contributed by atoms with E-state index >= 15 is 0 Å². The maximum absolute atomic E-state index is 12.9. The summed E-state index contributed by atoms with van der Waals surface area (Å²) in [5, 5.41) is 45.5. The number of ether oxygens (including phenoxy) is 1. The zero-order chi connectivity index (χ0) is 21.9. The average Bonchev–Trinajstić information content (AvgIpc) is 2.72. The van der Waals surface area contributed by atoms with Gasteiger partial charge in [0.25, 0.3) is 0 Å². The van der Waals surface area contributed by atoms with Gasteiger partial charge in [0.1, 0.15) is 17.8 Å². The second-order valence-electron chi connectivity index (χ2n) is 7.54. The van der Waals surface area contributed by atoms with Crippen LogP contribution in [0.3, 0.4) is 0 Å². The number of Topliss-reactive ketones (excluding diaryl/α,β-unsaturated/α-hetero) is 1. The molecule has 3 rings (SSSR count). The molecule has 0 bridgehead atoms. The molecule has 1 unspecified atom stereocenters. The SMILES string of the molecule is CC(=O)N[C@]1(O)[C@@H](O)O[C@H](C(=O)C(O)c2ccccc2)C[C@@]1(O)Cc1ccccc1. The van der Waals surface area contributed by atoms with Crippen molar-refractivity contribution >= 4 is 11.7 Å². The summed E-state index contributed by atoms with van der Waals surface area (Å²) in [5.74, 6) is -1.49. The van der Waals surface area contributed by atoms with E-state index in [1.807, 2.05) is 0 Å². The smallest absolute Gasteiger partial charge is 0.219 e. The minimum Gasteiger partial charge on any atom is -0.384 e. The van der Waals surface area contributed by atoms with Gasteiger partial charge in [-0.05, 0) is 11.1 Å². The Morgan fingerprint density at radius 1 is 1.10 bits per heavy atom. The van der Waals surface area contributed by atoms with E-state index in [0.717, 1.165) is 6.92 Å². The van der Waals surface area contributed by atoms with E-state index in [-0.39, 0.29) is 6.42 Å². The van der Waals surface area contributed by atoms with E-state index in [4.69, 9.17) is 4.74 Å². The number of aliphatic hydroxyl groups excluding tert-OH is 2. The number of hydrogen-bond acceptors (Lipinski definition) is 7. The first-order valence-electron chi connectivity index (χ1n) is 9.54. The Morgan fingerprint density at radius 3 is 2.23 bits per heavy atom. The minimum atomic E-state index is -2.57. The van der Waals surface area contributed by atoms with E-state index in [1.165, 1.54) is 0 Å². The fourth-order valence-corrected chi connectivity index (χ4v) is 3.72. The number of rotatable bonds is 6. The molecule has 1 aliphatic heterocycles. The molecule has 1 heterocycles. The molecule has 0 aliphatic carbocycles. The number of nitrogens with one attached hydrogen (secondary N) is 1. The predicted octanol–water partition coefficient (Wildman–Crippen LogP) is 0.195. The van der Waals surface area contributed by atoms with Crippen molar-refractivity contribution in [1.29, 1.82) is 0 Å². The second kappa shape index (κ2) is 8.63. The maximum Gasteiger partial charge on any atom is 0.219 e. The van der Waals surface area contributed by atoms with Crippen molar-refractivity contribution in [3.8, 4) is 0 Å². The highest BCUT2D eigenvalue weighted by Crippen LogP contribution is 2.39. The third-order valence-electron chi connectivity index (χ3n) is 5.29. The standard InChI is InChI=1S/C22H25NO7/c1-14(24)23-22(29)20(27)30-17(19(26)18(25)16-10-6-3-7-11-16)13-21(22,28)12-15-8-4-2-5-9-15/h2-11,17-18,20,25,27-29H,12-13H2,1H3,(H,23,24)/t17-,18?,20-,21-,22-/m0/s1. The lowest BCUT2D eigenvalue weighted by atomic mass is 9.76. The van der Waals surface area contributed by atoms with Crippen LogP contribution in [0.15, 0.2) is 60.7 Å². The van der Waals surface area contributed by atoms with Gasteiger partial charge in [-0.2, -0.15) is 0 Å². The van der Waals surface area contributed by atoms with Crippen LogP contribution in [-0.2, 0) is 20.7 Å². The number of amides is 1. The molecule has 1 aliphatic rings.